The normalized spacial score (nSPS) is 11.1. The number of amides is 2. The summed E-state index contributed by atoms with van der Waals surface area (Å²) in [5.41, 5.74) is 5.84. The molecule has 1 aromatic carbocycles. The second kappa shape index (κ2) is 9.17. The molecule has 0 unspecified atom stereocenters. The zero-order valence-corrected chi connectivity index (χ0v) is 17.3. The number of anilines is 1. The Morgan fingerprint density at radius 3 is 2.86 bits per heavy atom. The molecule has 0 bridgehead atoms. The van der Waals surface area contributed by atoms with Gasteiger partial charge in [0.2, 0.25) is 5.91 Å². The number of rotatable bonds is 8. The number of carbonyl (C=O) groups is 2. The lowest BCUT2D eigenvalue weighted by Gasteiger charge is -2.20. The fraction of sp³-hybridized carbons (Fsp3) is 0.263. The molecule has 0 aliphatic carbocycles. The van der Waals surface area contributed by atoms with Gasteiger partial charge in [-0.15, -0.1) is 11.3 Å². The molecular weight excluding hydrogens is 414 g/mol. The number of nitrogens with one attached hydrogen (secondary N) is 2. The van der Waals surface area contributed by atoms with E-state index in [1.165, 1.54) is 11.3 Å². The number of hydrogen-bond acceptors (Lipinski definition) is 6. The van der Waals surface area contributed by atoms with Gasteiger partial charge in [-0.3, -0.25) is 19.3 Å². The van der Waals surface area contributed by atoms with Gasteiger partial charge in [0.1, 0.15) is 10.8 Å². The highest BCUT2D eigenvalue weighted by atomic mass is 35.5. The third-order valence-electron chi connectivity index (χ3n) is 4.18. The van der Waals surface area contributed by atoms with Crippen molar-refractivity contribution >= 4 is 50.7 Å². The van der Waals surface area contributed by atoms with Crippen LogP contribution in [0.15, 0.2) is 34.4 Å². The van der Waals surface area contributed by atoms with Crippen LogP contribution in [0.5, 0.6) is 0 Å². The second-order valence-corrected chi connectivity index (χ2v) is 7.81. The maximum Gasteiger partial charge on any atom is 0.258 e. The first-order valence-corrected chi connectivity index (χ1v) is 10.2. The van der Waals surface area contributed by atoms with Crippen molar-refractivity contribution in [1.82, 2.24) is 14.9 Å². The number of aromatic nitrogens is 2. The van der Waals surface area contributed by atoms with Gasteiger partial charge in [0, 0.05) is 5.02 Å². The molecule has 2 aromatic heterocycles. The van der Waals surface area contributed by atoms with E-state index in [0.717, 1.165) is 6.42 Å². The van der Waals surface area contributed by atoms with E-state index in [0.29, 0.717) is 33.3 Å². The molecule has 152 valence electrons. The van der Waals surface area contributed by atoms with Crippen LogP contribution in [0.4, 0.5) is 5.00 Å². The van der Waals surface area contributed by atoms with Crippen LogP contribution in [0, 0.1) is 0 Å². The Morgan fingerprint density at radius 1 is 1.34 bits per heavy atom. The number of carbonyl (C=O) groups excluding carboxylic acids is 2. The molecule has 3 aromatic rings. The van der Waals surface area contributed by atoms with Gasteiger partial charge < -0.3 is 16.0 Å². The number of H-pyrrole nitrogens is 1. The van der Waals surface area contributed by atoms with E-state index in [2.05, 4.69) is 15.3 Å². The smallest absolute Gasteiger partial charge is 0.258 e. The number of halogens is 1. The van der Waals surface area contributed by atoms with Crippen LogP contribution in [0.2, 0.25) is 5.02 Å². The minimum atomic E-state index is -0.594. The maximum absolute atomic E-state index is 12.5. The van der Waals surface area contributed by atoms with Crippen LogP contribution >= 0.6 is 22.9 Å². The van der Waals surface area contributed by atoms with E-state index in [1.807, 2.05) is 11.8 Å². The Morgan fingerprint density at radius 2 is 2.14 bits per heavy atom. The predicted molar refractivity (Wildman–Crippen MR) is 114 cm³/mol. The molecule has 29 heavy (non-hydrogen) atoms. The molecule has 8 nitrogen and oxygen atoms in total. The van der Waals surface area contributed by atoms with Crippen molar-refractivity contribution in [3.05, 3.63) is 56.4 Å². The fourth-order valence-electron chi connectivity index (χ4n) is 2.95. The summed E-state index contributed by atoms with van der Waals surface area (Å²) in [5, 5.41) is 5.78. The van der Waals surface area contributed by atoms with Crippen molar-refractivity contribution in [2.24, 2.45) is 5.73 Å². The Kier molecular flexibility index (Phi) is 6.63. The van der Waals surface area contributed by atoms with Crippen molar-refractivity contribution < 1.29 is 9.59 Å². The Bertz CT molecular complexity index is 1110. The Hall–Kier alpha value is -2.75. The summed E-state index contributed by atoms with van der Waals surface area (Å²) in [4.78, 5) is 45.3. The van der Waals surface area contributed by atoms with Crippen LogP contribution in [0.3, 0.4) is 0 Å². The highest BCUT2D eigenvalue weighted by Crippen LogP contribution is 2.22. The lowest BCUT2D eigenvalue weighted by Crippen LogP contribution is -2.34. The van der Waals surface area contributed by atoms with Crippen molar-refractivity contribution in [3.63, 3.8) is 0 Å². The SMILES string of the molecule is CCCN(CC(=O)Nc1sccc1C(N)=O)Cc1nc2cc(Cl)ccc2c(=O)[nH]1. The first kappa shape index (κ1) is 21.0. The molecule has 0 fully saturated rings. The maximum atomic E-state index is 12.5. The number of thiophene rings is 1. The largest absolute Gasteiger partial charge is 0.366 e. The van der Waals surface area contributed by atoms with Gasteiger partial charge in [0.15, 0.2) is 0 Å². The highest BCUT2D eigenvalue weighted by molar-refractivity contribution is 7.14. The van der Waals surface area contributed by atoms with Gasteiger partial charge in [0.05, 0.1) is 29.6 Å². The van der Waals surface area contributed by atoms with Gasteiger partial charge in [-0.05, 0) is 42.6 Å². The van der Waals surface area contributed by atoms with Gasteiger partial charge in [-0.2, -0.15) is 0 Å². The van der Waals surface area contributed by atoms with E-state index in [-0.39, 0.29) is 30.1 Å². The number of primary amides is 1. The quantitative estimate of drug-likeness (QED) is 0.504. The molecular formula is C19H20ClN5O3S. The van der Waals surface area contributed by atoms with Crippen LogP contribution in [0.1, 0.15) is 29.5 Å². The van der Waals surface area contributed by atoms with Crippen molar-refractivity contribution in [3.8, 4) is 0 Å². The summed E-state index contributed by atoms with van der Waals surface area (Å²) in [6.07, 6.45) is 0.808. The molecule has 0 aliphatic rings. The van der Waals surface area contributed by atoms with Gasteiger partial charge >= 0.3 is 0 Å². The van der Waals surface area contributed by atoms with Crippen LogP contribution in [-0.4, -0.2) is 39.8 Å². The Labute approximate surface area is 175 Å². The molecule has 0 saturated heterocycles. The van der Waals surface area contributed by atoms with Crippen molar-refractivity contribution in [2.45, 2.75) is 19.9 Å². The van der Waals surface area contributed by atoms with Crippen LogP contribution in [0.25, 0.3) is 10.9 Å². The first-order chi connectivity index (χ1) is 13.9. The standard InChI is InChI=1S/C19H20ClN5O3S/c1-2-6-25(10-16(26)24-19-13(17(21)27)5-7-29-19)9-15-22-14-8-11(20)3-4-12(14)18(28)23-15/h3-5,7-8H,2,6,9-10H2,1H3,(H2,21,27)(H,24,26)(H,22,23,28). The lowest BCUT2D eigenvalue weighted by atomic mass is 10.2. The average molecular weight is 434 g/mol. The van der Waals surface area contributed by atoms with Gasteiger partial charge in [-0.1, -0.05) is 18.5 Å². The zero-order valence-electron chi connectivity index (χ0n) is 15.7. The summed E-state index contributed by atoms with van der Waals surface area (Å²) in [5.74, 6) is -0.432. The van der Waals surface area contributed by atoms with Crippen LogP contribution < -0.4 is 16.6 Å². The number of nitrogens with zero attached hydrogens (tertiary/aromatic N) is 2. The number of aromatic amines is 1. The van der Waals surface area contributed by atoms with Gasteiger partial charge in [-0.25, -0.2) is 4.98 Å². The summed E-state index contributed by atoms with van der Waals surface area (Å²) < 4.78 is 0. The molecule has 0 radical (unpaired) electrons. The van der Waals surface area contributed by atoms with Crippen molar-refractivity contribution in [2.75, 3.05) is 18.4 Å². The van der Waals surface area contributed by atoms with E-state index in [9.17, 15) is 14.4 Å². The molecule has 0 aliphatic heterocycles. The van der Waals surface area contributed by atoms with E-state index in [1.54, 1.807) is 29.6 Å². The molecule has 0 spiro atoms. The molecule has 10 heteroatoms. The molecule has 3 rings (SSSR count). The summed E-state index contributed by atoms with van der Waals surface area (Å²) in [6, 6.07) is 6.47. The molecule has 4 N–H and O–H groups in total. The lowest BCUT2D eigenvalue weighted by molar-refractivity contribution is -0.117. The molecule has 2 amide bonds. The Balaban J connectivity index is 1.75. The number of fused-ring (bicyclic) bond motifs is 1. The van der Waals surface area contributed by atoms with Gasteiger partial charge in [0.25, 0.3) is 11.5 Å². The molecule has 0 atom stereocenters. The fourth-order valence-corrected chi connectivity index (χ4v) is 3.92. The highest BCUT2D eigenvalue weighted by Gasteiger charge is 2.16. The third kappa shape index (κ3) is 5.20. The van der Waals surface area contributed by atoms with E-state index in [4.69, 9.17) is 17.3 Å². The number of benzene rings is 1. The number of nitrogens with two attached hydrogens (primary N) is 1. The van der Waals surface area contributed by atoms with Crippen LogP contribution in [-0.2, 0) is 11.3 Å². The summed E-state index contributed by atoms with van der Waals surface area (Å²) in [6.45, 7) is 2.97. The summed E-state index contributed by atoms with van der Waals surface area (Å²) in [7, 11) is 0. The monoisotopic (exact) mass is 433 g/mol. The van der Waals surface area contributed by atoms with Crippen molar-refractivity contribution in [1.29, 1.82) is 0 Å². The number of hydrogen-bond donors (Lipinski definition) is 3. The average Bonchev–Trinajstić information content (AvgIpc) is 3.09. The van der Waals surface area contributed by atoms with E-state index >= 15 is 0 Å². The first-order valence-electron chi connectivity index (χ1n) is 8.95. The second-order valence-electron chi connectivity index (χ2n) is 6.46. The predicted octanol–water partition coefficient (Wildman–Crippen LogP) is 2.59. The third-order valence-corrected chi connectivity index (χ3v) is 5.25. The zero-order chi connectivity index (χ0) is 21.0. The molecule has 2 heterocycles. The van der Waals surface area contributed by atoms with E-state index < -0.39 is 5.91 Å². The topological polar surface area (TPSA) is 121 Å². The summed E-state index contributed by atoms with van der Waals surface area (Å²) >= 11 is 7.23. The molecule has 0 saturated carbocycles. The minimum absolute atomic E-state index is 0.0707. The minimum Gasteiger partial charge on any atom is -0.366 e.